The molecule has 2 aromatic rings. The second-order valence-electron chi connectivity index (χ2n) is 4.85. The molecule has 0 saturated carbocycles. The normalized spacial score (nSPS) is 10.6. The summed E-state index contributed by atoms with van der Waals surface area (Å²) >= 11 is 4.42. The first-order chi connectivity index (χ1) is 10.9. The zero-order valence-electron chi connectivity index (χ0n) is 12.5. The molecule has 0 atom stereocenters. The van der Waals surface area contributed by atoms with Crippen LogP contribution in [0, 0.1) is 0 Å². The molecule has 1 heterocycles. The van der Waals surface area contributed by atoms with E-state index >= 15 is 0 Å². The Balaban J connectivity index is 1.86. The largest absolute Gasteiger partial charge is 0.411 e. The number of imide groups is 1. The Morgan fingerprint density at radius 3 is 2.61 bits per heavy atom. The van der Waals surface area contributed by atoms with Crippen molar-refractivity contribution < 1.29 is 14.0 Å². The van der Waals surface area contributed by atoms with E-state index in [2.05, 4.69) is 36.8 Å². The fourth-order valence-corrected chi connectivity index (χ4v) is 2.39. The van der Waals surface area contributed by atoms with E-state index in [1.165, 1.54) is 0 Å². The maximum Gasteiger partial charge on any atom is 0.321 e. The van der Waals surface area contributed by atoms with Gasteiger partial charge in [-0.25, -0.2) is 4.79 Å². The number of hydrogen-bond donors (Lipinski definition) is 2. The molecular formula is C14H15BrN4O3S. The fraction of sp³-hybridized carbons (Fsp3) is 0.286. The highest BCUT2D eigenvalue weighted by Crippen LogP contribution is 2.24. The van der Waals surface area contributed by atoms with Crippen LogP contribution < -0.4 is 10.6 Å². The third kappa shape index (κ3) is 5.68. The van der Waals surface area contributed by atoms with E-state index in [1.54, 1.807) is 13.8 Å². The van der Waals surface area contributed by atoms with Crippen molar-refractivity contribution in [2.75, 3.05) is 5.75 Å². The van der Waals surface area contributed by atoms with Gasteiger partial charge in [-0.2, -0.15) is 0 Å². The van der Waals surface area contributed by atoms with Crippen LogP contribution in [0.5, 0.6) is 0 Å². The van der Waals surface area contributed by atoms with Gasteiger partial charge in [-0.1, -0.05) is 27.7 Å². The van der Waals surface area contributed by atoms with Crippen LogP contribution in [0.15, 0.2) is 38.4 Å². The maximum atomic E-state index is 11.6. The summed E-state index contributed by atoms with van der Waals surface area (Å²) in [5, 5.41) is 12.9. The van der Waals surface area contributed by atoms with E-state index in [0.29, 0.717) is 5.89 Å². The van der Waals surface area contributed by atoms with Gasteiger partial charge in [-0.15, -0.1) is 10.2 Å². The van der Waals surface area contributed by atoms with Crippen LogP contribution in [-0.2, 0) is 4.79 Å². The zero-order chi connectivity index (χ0) is 16.8. The molecule has 122 valence electrons. The summed E-state index contributed by atoms with van der Waals surface area (Å²) < 4.78 is 6.43. The van der Waals surface area contributed by atoms with Gasteiger partial charge in [0.15, 0.2) is 0 Å². The van der Waals surface area contributed by atoms with E-state index in [4.69, 9.17) is 4.42 Å². The Labute approximate surface area is 145 Å². The number of carbonyl (C=O) groups excluding carboxylic acids is 2. The highest BCUT2D eigenvalue weighted by Gasteiger charge is 2.13. The molecule has 2 N–H and O–H groups in total. The third-order valence-corrected chi connectivity index (χ3v) is 3.84. The van der Waals surface area contributed by atoms with E-state index in [9.17, 15) is 9.59 Å². The summed E-state index contributed by atoms with van der Waals surface area (Å²) in [6.45, 7) is 3.61. The molecule has 1 aromatic carbocycles. The van der Waals surface area contributed by atoms with Crippen molar-refractivity contribution in [2.45, 2.75) is 25.1 Å². The Kier molecular flexibility index (Phi) is 6.17. The number of benzene rings is 1. The molecule has 0 bridgehead atoms. The molecule has 0 unspecified atom stereocenters. The minimum atomic E-state index is -0.522. The van der Waals surface area contributed by atoms with Gasteiger partial charge in [0.05, 0.1) is 5.75 Å². The van der Waals surface area contributed by atoms with Crippen LogP contribution in [0.3, 0.4) is 0 Å². The number of carbonyl (C=O) groups is 2. The predicted molar refractivity (Wildman–Crippen MR) is 90.0 cm³/mol. The number of hydrogen-bond acceptors (Lipinski definition) is 6. The first kappa shape index (κ1) is 17.5. The lowest BCUT2D eigenvalue weighted by Gasteiger charge is -2.08. The topological polar surface area (TPSA) is 97.1 Å². The average Bonchev–Trinajstić information content (AvgIpc) is 2.94. The van der Waals surface area contributed by atoms with Gasteiger partial charge in [0, 0.05) is 16.1 Å². The van der Waals surface area contributed by atoms with Gasteiger partial charge in [-0.05, 0) is 38.1 Å². The molecule has 0 fully saturated rings. The minimum absolute atomic E-state index is 0.00743. The molecule has 0 aliphatic rings. The van der Waals surface area contributed by atoms with Gasteiger partial charge in [0.25, 0.3) is 5.22 Å². The molecule has 2 rings (SSSR count). The first-order valence-electron chi connectivity index (χ1n) is 6.76. The van der Waals surface area contributed by atoms with Gasteiger partial charge >= 0.3 is 6.03 Å². The van der Waals surface area contributed by atoms with Crippen molar-refractivity contribution in [3.63, 3.8) is 0 Å². The molecule has 0 aliphatic heterocycles. The van der Waals surface area contributed by atoms with Gasteiger partial charge < -0.3 is 9.73 Å². The summed E-state index contributed by atoms with van der Waals surface area (Å²) in [5.74, 6) is -0.0532. The fourth-order valence-electron chi connectivity index (χ4n) is 1.57. The quantitative estimate of drug-likeness (QED) is 0.751. The van der Waals surface area contributed by atoms with Crippen LogP contribution in [-0.4, -0.2) is 33.9 Å². The number of aromatic nitrogens is 2. The second kappa shape index (κ2) is 8.11. The summed E-state index contributed by atoms with van der Waals surface area (Å²) in [6.07, 6.45) is 0. The van der Waals surface area contributed by atoms with Gasteiger partial charge in [0.2, 0.25) is 11.8 Å². The predicted octanol–water partition coefficient (Wildman–Crippen LogP) is 2.83. The molecule has 3 amide bonds. The van der Waals surface area contributed by atoms with Crippen LogP contribution in [0.2, 0.25) is 0 Å². The lowest BCUT2D eigenvalue weighted by molar-refractivity contribution is -0.117. The third-order valence-electron chi connectivity index (χ3n) is 2.50. The van der Waals surface area contributed by atoms with Crippen molar-refractivity contribution in [3.05, 3.63) is 28.7 Å². The molecule has 9 heteroatoms. The van der Waals surface area contributed by atoms with Crippen LogP contribution in [0.1, 0.15) is 13.8 Å². The van der Waals surface area contributed by atoms with Crippen molar-refractivity contribution in [1.29, 1.82) is 0 Å². The molecule has 23 heavy (non-hydrogen) atoms. The summed E-state index contributed by atoms with van der Waals surface area (Å²) in [5.41, 5.74) is 0.785. The van der Waals surface area contributed by atoms with Crippen molar-refractivity contribution >= 4 is 39.6 Å². The van der Waals surface area contributed by atoms with Crippen LogP contribution in [0.4, 0.5) is 4.79 Å². The number of urea groups is 1. The van der Waals surface area contributed by atoms with Crippen LogP contribution in [0.25, 0.3) is 11.5 Å². The summed E-state index contributed by atoms with van der Waals surface area (Å²) in [6, 6.07) is 6.86. The maximum absolute atomic E-state index is 11.6. The summed E-state index contributed by atoms with van der Waals surface area (Å²) in [7, 11) is 0. The molecule has 0 radical (unpaired) electrons. The standard InChI is InChI=1S/C14H15BrN4O3S/c1-8(2)16-13(21)17-11(20)7-23-14-19-18-12(22-14)9-3-5-10(15)6-4-9/h3-6,8H,7H2,1-2H3,(H2,16,17,20,21). The van der Waals surface area contributed by atoms with E-state index in [-0.39, 0.29) is 17.0 Å². The minimum Gasteiger partial charge on any atom is -0.411 e. The van der Waals surface area contributed by atoms with Crippen molar-refractivity contribution in [2.24, 2.45) is 0 Å². The van der Waals surface area contributed by atoms with E-state index < -0.39 is 11.9 Å². The van der Waals surface area contributed by atoms with Crippen LogP contribution >= 0.6 is 27.7 Å². The number of halogens is 1. The Bertz CT molecular complexity index is 688. The lowest BCUT2D eigenvalue weighted by atomic mass is 10.2. The number of nitrogens with zero attached hydrogens (tertiary/aromatic N) is 2. The monoisotopic (exact) mass is 398 g/mol. The summed E-state index contributed by atoms with van der Waals surface area (Å²) in [4.78, 5) is 23.0. The Morgan fingerprint density at radius 2 is 1.96 bits per heavy atom. The van der Waals surface area contributed by atoms with Crippen molar-refractivity contribution in [1.82, 2.24) is 20.8 Å². The highest BCUT2D eigenvalue weighted by atomic mass is 79.9. The molecular weight excluding hydrogens is 384 g/mol. The highest BCUT2D eigenvalue weighted by molar-refractivity contribution is 9.10. The lowest BCUT2D eigenvalue weighted by Crippen LogP contribution is -2.43. The molecule has 0 aliphatic carbocycles. The smallest absolute Gasteiger partial charge is 0.321 e. The van der Waals surface area contributed by atoms with Gasteiger partial charge in [0.1, 0.15) is 0 Å². The molecule has 0 saturated heterocycles. The Morgan fingerprint density at radius 1 is 1.26 bits per heavy atom. The number of amides is 3. The Hall–Kier alpha value is -1.87. The average molecular weight is 399 g/mol. The SMILES string of the molecule is CC(C)NC(=O)NC(=O)CSc1nnc(-c2ccc(Br)cc2)o1. The van der Waals surface area contributed by atoms with E-state index in [1.807, 2.05) is 24.3 Å². The first-order valence-corrected chi connectivity index (χ1v) is 8.54. The number of rotatable bonds is 5. The molecule has 0 spiro atoms. The van der Waals surface area contributed by atoms with Crippen molar-refractivity contribution in [3.8, 4) is 11.5 Å². The second-order valence-corrected chi connectivity index (χ2v) is 6.69. The number of thioether (sulfide) groups is 1. The van der Waals surface area contributed by atoms with Gasteiger partial charge in [-0.3, -0.25) is 10.1 Å². The van der Waals surface area contributed by atoms with E-state index in [0.717, 1.165) is 21.8 Å². The molecule has 1 aromatic heterocycles. The zero-order valence-corrected chi connectivity index (χ0v) is 14.9. The number of nitrogens with one attached hydrogen (secondary N) is 2. The molecule has 7 nitrogen and oxygen atoms in total.